The Hall–Kier alpha value is 0.109. The Balaban J connectivity index is 0.000000216. The first kappa shape index (κ1) is 18.2. The van der Waals surface area contributed by atoms with Gasteiger partial charge in [-0.25, -0.2) is 0 Å². The molecule has 0 bridgehead atoms. The normalized spacial score (nSPS) is 34.4. The molecular weight excluding hydrogens is 296 g/mol. The smallest absolute Gasteiger partial charge is 0.346 e. The molecule has 2 aliphatic carbocycles. The Morgan fingerprint density at radius 3 is 1.75 bits per heavy atom. The summed E-state index contributed by atoms with van der Waals surface area (Å²) in [4.78, 5) is 9.87. The Morgan fingerprint density at radius 1 is 0.900 bits per heavy atom. The third kappa shape index (κ3) is 5.14. The number of hydrogen-bond acceptors (Lipinski definition) is 3. The standard InChI is InChI=1S/C10H13O2.C6H5O.Fe/c1-7-8(2)12-10(11-7)9-5-3-4-6-9;7-5-6-3-1-2-4-6;/h3-8,10H,1-2H3;1-5H;/q;;+2. The van der Waals surface area contributed by atoms with Crippen molar-refractivity contribution in [3.8, 4) is 0 Å². The van der Waals surface area contributed by atoms with Crippen molar-refractivity contribution >= 4 is 6.29 Å². The molecule has 3 nitrogen and oxygen atoms in total. The van der Waals surface area contributed by atoms with Crippen LogP contribution in [0.25, 0.3) is 0 Å². The summed E-state index contributed by atoms with van der Waals surface area (Å²) < 4.78 is 11.2. The fraction of sp³-hybridized carbons (Fsp3) is 0.312. The van der Waals surface area contributed by atoms with E-state index in [-0.39, 0.29) is 35.6 Å². The van der Waals surface area contributed by atoms with Crippen LogP contribution in [0.1, 0.15) is 13.8 Å². The fourth-order valence-electron chi connectivity index (χ4n) is 1.81. The fourth-order valence-corrected chi connectivity index (χ4v) is 1.81. The average Bonchev–Trinajstić information content (AvgIpc) is 3.13. The van der Waals surface area contributed by atoms with E-state index in [0.29, 0.717) is 0 Å². The van der Waals surface area contributed by atoms with Crippen molar-refractivity contribution in [2.45, 2.75) is 32.3 Å². The minimum atomic E-state index is -0.148. The van der Waals surface area contributed by atoms with Crippen molar-refractivity contribution in [2.24, 2.45) is 0 Å². The van der Waals surface area contributed by atoms with Crippen LogP contribution in [-0.4, -0.2) is 24.8 Å². The van der Waals surface area contributed by atoms with Gasteiger partial charge in [0, 0.05) is 11.8 Å². The van der Waals surface area contributed by atoms with Crippen LogP contribution in [-0.2, 0) is 31.3 Å². The Bertz CT molecular complexity index is 263. The third-order valence-electron chi connectivity index (χ3n) is 3.12. The largest absolute Gasteiger partial charge is 2.00 e. The molecule has 0 aromatic heterocycles. The van der Waals surface area contributed by atoms with E-state index in [1.54, 1.807) is 12.8 Å². The molecule has 0 spiro atoms. The average molecular weight is 314 g/mol. The van der Waals surface area contributed by atoms with Gasteiger partial charge in [0.1, 0.15) is 6.29 Å². The van der Waals surface area contributed by atoms with Crippen molar-refractivity contribution in [2.75, 3.05) is 0 Å². The van der Waals surface area contributed by atoms with Crippen LogP contribution in [0.4, 0.5) is 0 Å². The van der Waals surface area contributed by atoms with Gasteiger partial charge in [0.15, 0.2) is 6.29 Å². The first-order chi connectivity index (χ1) is 9.20. The van der Waals surface area contributed by atoms with E-state index in [2.05, 4.69) is 0 Å². The second-order valence-electron chi connectivity index (χ2n) is 4.57. The predicted molar refractivity (Wildman–Crippen MR) is 71.8 cm³/mol. The van der Waals surface area contributed by atoms with Crippen LogP contribution in [0, 0.1) is 63.2 Å². The van der Waals surface area contributed by atoms with Gasteiger partial charge in [-0.05, 0) is 65.2 Å². The van der Waals surface area contributed by atoms with Crippen LogP contribution in [0.5, 0.6) is 0 Å². The van der Waals surface area contributed by atoms with Gasteiger partial charge in [-0.15, -0.1) is 0 Å². The van der Waals surface area contributed by atoms with Gasteiger partial charge in [0.25, 0.3) is 0 Å². The summed E-state index contributed by atoms with van der Waals surface area (Å²) in [5.74, 6) is 1.87. The molecule has 0 amide bonds. The zero-order valence-corrected chi connectivity index (χ0v) is 12.6. The van der Waals surface area contributed by atoms with Crippen LogP contribution >= 0.6 is 0 Å². The molecule has 1 heterocycles. The van der Waals surface area contributed by atoms with Crippen LogP contribution < -0.4 is 0 Å². The van der Waals surface area contributed by atoms with Crippen molar-refractivity contribution < 1.29 is 31.3 Å². The quantitative estimate of drug-likeness (QED) is 0.579. The van der Waals surface area contributed by atoms with Gasteiger partial charge in [0.2, 0.25) is 0 Å². The molecule has 2 unspecified atom stereocenters. The second kappa shape index (κ2) is 9.19. The van der Waals surface area contributed by atoms with Gasteiger partial charge in [0.05, 0.1) is 12.2 Å². The molecule has 2 saturated carbocycles. The van der Waals surface area contributed by atoms with Gasteiger partial charge in [-0.1, -0.05) is 0 Å². The molecular formula is C16H18FeO3+2. The molecule has 0 aromatic carbocycles. The van der Waals surface area contributed by atoms with E-state index in [9.17, 15) is 4.79 Å². The van der Waals surface area contributed by atoms with Gasteiger partial charge in [-0.3, -0.25) is 0 Å². The molecule has 3 rings (SSSR count). The van der Waals surface area contributed by atoms with Crippen molar-refractivity contribution in [3.63, 3.8) is 0 Å². The first-order valence-electron chi connectivity index (χ1n) is 6.40. The monoisotopic (exact) mass is 314 g/mol. The molecule has 1 saturated heterocycles. The van der Waals surface area contributed by atoms with E-state index in [1.165, 1.54) is 0 Å². The third-order valence-corrected chi connectivity index (χ3v) is 3.12. The summed E-state index contributed by atoms with van der Waals surface area (Å²) in [7, 11) is 0. The minimum Gasteiger partial charge on any atom is -0.346 e. The molecule has 106 valence electrons. The number of ether oxygens (including phenoxy) is 2. The summed E-state index contributed by atoms with van der Waals surface area (Å²) in [5.41, 5.74) is 0. The SMILES string of the molecule is CC1OC([C]2[CH][CH][CH][CH]2)OC1C.O=C[C]1[CH][CH][CH][CH]1.[Fe+2]. The summed E-state index contributed by atoms with van der Waals surface area (Å²) >= 11 is 0. The van der Waals surface area contributed by atoms with Gasteiger partial charge >= 0.3 is 17.1 Å². The summed E-state index contributed by atoms with van der Waals surface area (Å²) in [6.07, 6.45) is 16.3. The maximum absolute atomic E-state index is 9.87. The predicted octanol–water partition coefficient (Wildman–Crippen LogP) is 2.13. The topological polar surface area (TPSA) is 35.5 Å². The molecule has 3 aliphatic rings. The van der Waals surface area contributed by atoms with Crippen molar-refractivity contribution in [1.29, 1.82) is 0 Å². The van der Waals surface area contributed by atoms with E-state index >= 15 is 0 Å². The van der Waals surface area contributed by atoms with Gasteiger partial charge in [-0.2, -0.15) is 0 Å². The Kier molecular flexibility index (Phi) is 8.35. The number of hydrogen-bond donors (Lipinski definition) is 0. The van der Waals surface area contributed by atoms with Crippen molar-refractivity contribution in [1.82, 2.24) is 0 Å². The Morgan fingerprint density at radius 2 is 1.35 bits per heavy atom. The Labute approximate surface area is 133 Å². The number of aldehydes is 1. The van der Waals surface area contributed by atoms with Gasteiger partial charge < -0.3 is 14.3 Å². The number of carbonyl (C=O) groups excluding carboxylic acids is 1. The number of rotatable bonds is 2. The molecule has 4 heteroatoms. The second-order valence-corrected chi connectivity index (χ2v) is 4.57. The number of carbonyl (C=O) groups is 1. The summed E-state index contributed by atoms with van der Waals surface area (Å²) in [5, 5.41) is 0. The van der Waals surface area contributed by atoms with Crippen molar-refractivity contribution in [3.05, 3.63) is 63.2 Å². The van der Waals surface area contributed by atoms with E-state index in [0.717, 1.165) is 18.1 Å². The molecule has 20 heavy (non-hydrogen) atoms. The maximum Gasteiger partial charge on any atom is 2.00 e. The zero-order valence-electron chi connectivity index (χ0n) is 11.5. The minimum absolute atomic E-state index is 0. The first-order valence-corrected chi connectivity index (χ1v) is 6.40. The summed E-state index contributed by atoms with van der Waals surface area (Å²) in [6, 6.07) is 0. The van der Waals surface area contributed by atoms with E-state index in [4.69, 9.17) is 9.47 Å². The van der Waals surface area contributed by atoms with Crippen LogP contribution in [0.15, 0.2) is 0 Å². The molecule has 1 aliphatic heterocycles. The molecule has 0 N–H and O–H groups in total. The maximum atomic E-state index is 9.87. The molecule has 3 fully saturated rings. The van der Waals surface area contributed by atoms with E-state index in [1.807, 2.05) is 52.4 Å². The van der Waals surface area contributed by atoms with E-state index < -0.39 is 0 Å². The van der Waals surface area contributed by atoms with Crippen LogP contribution in [0.3, 0.4) is 0 Å². The van der Waals surface area contributed by atoms with Crippen LogP contribution in [0.2, 0.25) is 0 Å². The molecule has 0 aromatic rings. The summed E-state index contributed by atoms with van der Waals surface area (Å²) in [6.45, 7) is 4.07. The molecule has 2 atom stereocenters. The zero-order chi connectivity index (χ0) is 13.7. The molecule has 10 radical (unpaired) electrons.